The van der Waals surface area contributed by atoms with Crippen LogP contribution in [0.1, 0.15) is 37.7 Å². The number of aliphatic hydroxyl groups excluding tert-OH is 1. The largest absolute Gasteiger partial charge is 0.484 e. The molecule has 1 aromatic carbocycles. The third kappa shape index (κ3) is 5.57. The Balaban J connectivity index is 1.54. The molecule has 1 fully saturated rings. The summed E-state index contributed by atoms with van der Waals surface area (Å²) >= 11 is 0. The van der Waals surface area contributed by atoms with Gasteiger partial charge in [0.15, 0.2) is 6.61 Å². The summed E-state index contributed by atoms with van der Waals surface area (Å²) in [6.07, 6.45) is 5.14. The van der Waals surface area contributed by atoms with Crippen LogP contribution in [0.2, 0.25) is 0 Å². The minimum Gasteiger partial charge on any atom is -0.484 e. The SMILES string of the molecule is Cc1cc(=O)oc2cc(OCC(=O)NC(CO)C(=O)NC3CCCCC3)ccc12. The van der Waals surface area contributed by atoms with Gasteiger partial charge in [0, 0.05) is 23.6 Å². The third-order valence-electron chi connectivity index (χ3n) is 5.08. The number of amides is 2. The standard InChI is InChI=1S/C21H26N2O6/c1-13-9-20(26)29-18-10-15(7-8-16(13)18)28-12-19(25)23-17(11-24)21(27)22-14-5-3-2-4-6-14/h7-10,14,17,24H,2-6,11-12H2,1H3,(H,22,27)(H,23,25). The highest BCUT2D eigenvalue weighted by Crippen LogP contribution is 2.22. The summed E-state index contributed by atoms with van der Waals surface area (Å²) in [6, 6.07) is 5.43. The molecule has 1 atom stereocenters. The van der Waals surface area contributed by atoms with Gasteiger partial charge in [0.05, 0.1) is 6.61 Å². The summed E-state index contributed by atoms with van der Waals surface area (Å²) in [7, 11) is 0. The molecule has 29 heavy (non-hydrogen) atoms. The van der Waals surface area contributed by atoms with Crippen LogP contribution in [0.25, 0.3) is 11.0 Å². The average molecular weight is 402 g/mol. The molecule has 2 amide bonds. The van der Waals surface area contributed by atoms with Gasteiger partial charge in [0.25, 0.3) is 5.91 Å². The van der Waals surface area contributed by atoms with Crippen LogP contribution in [0, 0.1) is 6.92 Å². The van der Waals surface area contributed by atoms with Gasteiger partial charge in [-0.3, -0.25) is 9.59 Å². The summed E-state index contributed by atoms with van der Waals surface area (Å²) in [5.74, 6) is -0.571. The quantitative estimate of drug-likeness (QED) is 0.603. The van der Waals surface area contributed by atoms with Gasteiger partial charge in [0.1, 0.15) is 17.4 Å². The van der Waals surface area contributed by atoms with Crippen molar-refractivity contribution in [3.05, 3.63) is 40.2 Å². The maximum atomic E-state index is 12.3. The first-order valence-electron chi connectivity index (χ1n) is 9.84. The van der Waals surface area contributed by atoms with E-state index in [1.807, 2.05) is 0 Å². The molecule has 2 aromatic rings. The van der Waals surface area contributed by atoms with Crippen LogP contribution in [0.15, 0.2) is 33.5 Å². The van der Waals surface area contributed by atoms with E-state index in [-0.39, 0.29) is 12.6 Å². The number of carbonyl (C=O) groups is 2. The molecule has 1 aliphatic carbocycles. The fraction of sp³-hybridized carbons (Fsp3) is 0.476. The number of ether oxygens (including phenoxy) is 1. The van der Waals surface area contributed by atoms with Crippen LogP contribution in [0.3, 0.4) is 0 Å². The number of aliphatic hydroxyl groups is 1. The van der Waals surface area contributed by atoms with Gasteiger partial charge in [-0.05, 0) is 37.5 Å². The second-order valence-electron chi connectivity index (χ2n) is 7.34. The van der Waals surface area contributed by atoms with E-state index in [1.165, 1.54) is 18.6 Å². The van der Waals surface area contributed by atoms with Crippen LogP contribution >= 0.6 is 0 Å². The molecule has 1 aliphatic rings. The fourth-order valence-corrected chi connectivity index (χ4v) is 3.52. The van der Waals surface area contributed by atoms with E-state index < -0.39 is 30.1 Å². The molecule has 3 rings (SSSR count). The topological polar surface area (TPSA) is 118 Å². The highest BCUT2D eigenvalue weighted by Gasteiger charge is 2.23. The maximum absolute atomic E-state index is 12.3. The van der Waals surface area contributed by atoms with Crippen molar-refractivity contribution in [3.63, 3.8) is 0 Å². The van der Waals surface area contributed by atoms with Crippen molar-refractivity contribution in [3.8, 4) is 5.75 Å². The van der Waals surface area contributed by atoms with Gasteiger partial charge in [-0.15, -0.1) is 0 Å². The highest BCUT2D eigenvalue weighted by atomic mass is 16.5. The van der Waals surface area contributed by atoms with Crippen LogP contribution in [-0.2, 0) is 9.59 Å². The molecule has 0 spiro atoms. The van der Waals surface area contributed by atoms with E-state index in [0.717, 1.165) is 36.6 Å². The molecule has 8 nitrogen and oxygen atoms in total. The van der Waals surface area contributed by atoms with Gasteiger partial charge in [-0.1, -0.05) is 19.3 Å². The minimum atomic E-state index is -1.02. The normalized spacial score (nSPS) is 15.7. The second-order valence-corrected chi connectivity index (χ2v) is 7.34. The number of hydrogen-bond acceptors (Lipinski definition) is 6. The van der Waals surface area contributed by atoms with Crippen molar-refractivity contribution >= 4 is 22.8 Å². The van der Waals surface area contributed by atoms with E-state index in [4.69, 9.17) is 9.15 Å². The Morgan fingerprint density at radius 1 is 1.24 bits per heavy atom. The lowest BCUT2D eigenvalue weighted by Crippen LogP contribution is -2.52. The fourth-order valence-electron chi connectivity index (χ4n) is 3.52. The van der Waals surface area contributed by atoms with Crippen molar-refractivity contribution in [1.29, 1.82) is 0 Å². The Morgan fingerprint density at radius 3 is 2.72 bits per heavy atom. The third-order valence-corrected chi connectivity index (χ3v) is 5.08. The first kappa shape index (κ1) is 20.9. The predicted octanol–water partition coefficient (Wildman–Crippen LogP) is 1.41. The lowest BCUT2D eigenvalue weighted by atomic mass is 9.95. The first-order valence-corrected chi connectivity index (χ1v) is 9.84. The summed E-state index contributed by atoms with van der Waals surface area (Å²) in [5, 5.41) is 15.6. The number of aryl methyl sites for hydroxylation is 1. The Bertz CT molecular complexity index is 932. The van der Waals surface area contributed by atoms with Gasteiger partial charge in [-0.2, -0.15) is 0 Å². The molecule has 1 aromatic heterocycles. The van der Waals surface area contributed by atoms with E-state index in [0.29, 0.717) is 11.3 Å². The second kappa shape index (κ2) is 9.56. The van der Waals surface area contributed by atoms with E-state index in [1.54, 1.807) is 19.1 Å². The molecule has 1 unspecified atom stereocenters. The minimum absolute atomic E-state index is 0.0918. The number of fused-ring (bicyclic) bond motifs is 1. The zero-order valence-corrected chi connectivity index (χ0v) is 16.4. The smallest absolute Gasteiger partial charge is 0.336 e. The molecule has 1 saturated carbocycles. The molecule has 0 radical (unpaired) electrons. The number of hydrogen-bond donors (Lipinski definition) is 3. The average Bonchev–Trinajstić information content (AvgIpc) is 2.70. The van der Waals surface area contributed by atoms with Crippen molar-refractivity contribution in [2.24, 2.45) is 0 Å². The summed E-state index contributed by atoms with van der Waals surface area (Å²) < 4.78 is 10.6. The van der Waals surface area contributed by atoms with Gasteiger partial charge < -0.3 is 24.9 Å². The lowest BCUT2D eigenvalue weighted by Gasteiger charge is -2.25. The molecule has 156 valence electrons. The van der Waals surface area contributed by atoms with E-state index in [2.05, 4.69) is 10.6 Å². The number of nitrogens with one attached hydrogen (secondary N) is 2. The van der Waals surface area contributed by atoms with E-state index >= 15 is 0 Å². The first-order chi connectivity index (χ1) is 14.0. The lowest BCUT2D eigenvalue weighted by molar-refractivity contribution is -0.131. The number of benzene rings is 1. The summed E-state index contributed by atoms with van der Waals surface area (Å²) in [4.78, 5) is 36.0. The molecule has 8 heteroatoms. The highest BCUT2D eigenvalue weighted by molar-refractivity contribution is 5.88. The van der Waals surface area contributed by atoms with Gasteiger partial charge in [-0.25, -0.2) is 4.79 Å². The molecular formula is C21H26N2O6. The molecule has 0 aliphatic heterocycles. The number of carbonyl (C=O) groups excluding carboxylic acids is 2. The van der Waals surface area contributed by atoms with Gasteiger partial charge in [0.2, 0.25) is 5.91 Å². The molecule has 0 bridgehead atoms. The number of rotatable bonds is 7. The van der Waals surface area contributed by atoms with Gasteiger partial charge >= 0.3 is 5.63 Å². The van der Waals surface area contributed by atoms with Crippen molar-refractivity contribution in [1.82, 2.24) is 10.6 Å². The van der Waals surface area contributed by atoms with Crippen molar-refractivity contribution in [2.75, 3.05) is 13.2 Å². The Hall–Kier alpha value is -2.87. The van der Waals surface area contributed by atoms with Crippen LogP contribution in [-0.4, -0.2) is 42.2 Å². The molecule has 3 N–H and O–H groups in total. The van der Waals surface area contributed by atoms with Crippen LogP contribution in [0.5, 0.6) is 5.75 Å². The van der Waals surface area contributed by atoms with Crippen LogP contribution in [0.4, 0.5) is 0 Å². The Morgan fingerprint density at radius 2 is 2.00 bits per heavy atom. The molecule has 1 heterocycles. The maximum Gasteiger partial charge on any atom is 0.336 e. The molecular weight excluding hydrogens is 376 g/mol. The van der Waals surface area contributed by atoms with Crippen molar-refractivity contribution < 1.29 is 23.8 Å². The summed E-state index contributed by atoms with van der Waals surface area (Å²) in [6.45, 7) is 0.972. The van der Waals surface area contributed by atoms with E-state index in [9.17, 15) is 19.5 Å². The van der Waals surface area contributed by atoms with Crippen LogP contribution < -0.4 is 21.0 Å². The Kier molecular flexibility index (Phi) is 6.87. The monoisotopic (exact) mass is 402 g/mol. The van der Waals surface area contributed by atoms with Crippen molar-refractivity contribution in [2.45, 2.75) is 51.1 Å². The zero-order valence-electron chi connectivity index (χ0n) is 16.4. The summed E-state index contributed by atoms with van der Waals surface area (Å²) in [5.41, 5.74) is 0.697. The predicted molar refractivity (Wildman–Crippen MR) is 107 cm³/mol. The zero-order chi connectivity index (χ0) is 20.8. The molecule has 0 saturated heterocycles. The Labute approximate surface area is 168 Å².